The molecule has 0 bridgehead atoms. The average Bonchev–Trinajstić information content (AvgIpc) is 2.45. The Morgan fingerprint density at radius 3 is 2.62 bits per heavy atom. The monoisotopic (exact) mass is 213 g/mol. The van der Waals surface area contributed by atoms with E-state index in [2.05, 4.69) is 6.07 Å². The number of aryl methyl sites for hydroxylation is 1. The SMILES string of the molecule is Cn1cc(C(Cl)Cl)c2ccccc21. The van der Waals surface area contributed by atoms with Gasteiger partial charge in [0, 0.05) is 29.7 Å². The van der Waals surface area contributed by atoms with E-state index in [-0.39, 0.29) is 0 Å². The Kier molecular flexibility index (Phi) is 2.22. The first-order valence-corrected chi connectivity index (χ1v) is 4.89. The van der Waals surface area contributed by atoms with Gasteiger partial charge in [0.1, 0.15) is 4.84 Å². The largest absolute Gasteiger partial charge is 0.350 e. The highest BCUT2D eigenvalue weighted by Crippen LogP contribution is 2.32. The molecule has 0 saturated carbocycles. The second-order valence-corrected chi connectivity index (χ2v) is 4.11. The third-order valence-corrected chi connectivity index (χ3v) is 2.63. The van der Waals surface area contributed by atoms with E-state index < -0.39 is 4.84 Å². The van der Waals surface area contributed by atoms with Gasteiger partial charge in [0.15, 0.2) is 0 Å². The molecule has 0 saturated heterocycles. The van der Waals surface area contributed by atoms with Crippen LogP contribution in [0, 0.1) is 0 Å². The predicted molar refractivity (Wildman–Crippen MR) is 57.4 cm³/mol. The lowest BCUT2D eigenvalue weighted by Gasteiger charge is -1.96. The van der Waals surface area contributed by atoms with E-state index in [1.807, 2.05) is 36.0 Å². The Hall–Kier alpha value is -0.660. The van der Waals surface area contributed by atoms with Gasteiger partial charge in [-0.2, -0.15) is 0 Å². The van der Waals surface area contributed by atoms with Crippen LogP contribution in [0.1, 0.15) is 10.4 Å². The molecule has 1 nitrogen and oxygen atoms in total. The second-order valence-electron chi connectivity index (χ2n) is 3.01. The molecule has 0 fully saturated rings. The van der Waals surface area contributed by atoms with Crippen molar-refractivity contribution in [2.75, 3.05) is 0 Å². The highest BCUT2D eigenvalue weighted by atomic mass is 35.5. The highest BCUT2D eigenvalue weighted by Gasteiger charge is 2.10. The van der Waals surface area contributed by atoms with Crippen molar-refractivity contribution in [1.82, 2.24) is 4.57 Å². The van der Waals surface area contributed by atoms with Crippen LogP contribution in [0.4, 0.5) is 0 Å². The molecule has 13 heavy (non-hydrogen) atoms. The van der Waals surface area contributed by atoms with Gasteiger partial charge in [0.2, 0.25) is 0 Å². The first kappa shape index (κ1) is 8.92. The van der Waals surface area contributed by atoms with Crippen molar-refractivity contribution in [3.63, 3.8) is 0 Å². The van der Waals surface area contributed by atoms with Crippen molar-refractivity contribution in [2.24, 2.45) is 7.05 Å². The van der Waals surface area contributed by atoms with Gasteiger partial charge in [0.25, 0.3) is 0 Å². The molecule has 0 aliphatic heterocycles. The van der Waals surface area contributed by atoms with Crippen LogP contribution in [0.15, 0.2) is 30.5 Å². The first-order chi connectivity index (χ1) is 6.20. The zero-order chi connectivity index (χ0) is 9.42. The summed E-state index contributed by atoms with van der Waals surface area (Å²) in [6.07, 6.45) is 1.97. The van der Waals surface area contributed by atoms with E-state index in [1.165, 1.54) is 0 Å². The molecule has 0 aliphatic carbocycles. The summed E-state index contributed by atoms with van der Waals surface area (Å²) in [5, 5.41) is 1.13. The van der Waals surface area contributed by atoms with Crippen molar-refractivity contribution >= 4 is 34.1 Å². The summed E-state index contributed by atoms with van der Waals surface area (Å²) >= 11 is 11.7. The van der Waals surface area contributed by atoms with E-state index in [9.17, 15) is 0 Å². The number of para-hydroxylation sites is 1. The molecule has 0 amide bonds. The predicted octanol–water partition coefficient (Wildman–Crippen LogP) is 3.65. The first-order valence-electron chi connectivity index (χ1n) is 4.02. The van der Waals surface area contributed by atoms with Crippen LogP contribution >= 0.6 is 23.2 Å². The van der Waals surface area contributed by atoms with Crippen LogP contribution in [-0.2, 0) is 7.05 Å². The van der Waals surface area contributed by atoms with Crippen LogP contribution in [-0.4, -0.2) is 4.57 Å². The van der Waals surface area contributed by atoms with Gasteiger partial charge in [-0.3, -0.25) is 0 Å². The summed E-state index contributed by atoms with van der Waals surface area (Å²) in [7, 11) is 1.99. The van der Waals surface area contributed by atoms with Crippen molar-refractivity contribution in [3.8, 4) is 0 Å². The smallest absolute Gasteiger partial charge is 0.134 e. The van der Waals surface area contributed by atoms with E-state index in [4.69, 9.17) is 23.2 Å². The molecule has 2 aromatic rings. The lowest BCUT2D eigenvalue weighted by molar-refractivity contribution is 0.961. The number of alkyl halides is 2. The van der Waals surface area contributed by atoms with E-state index in [0.29, 0.717) is 0 Å². The maximum absolute atomic E-state index is 5.85. The lowest BCUT2D eigenvalue weighted by atomic mass is 10.2. The Bertz CT molecular complexity index is 431. The molecule has 0 radical (unpaired) electrons. The second kappa shape index (κ2) is 3.24. The molecule has 0 spiro atoms. The summed E-state index contributed by atoms with van der Waals surface area (Å²) < 4.78 is 2.03. The van der Waals surface area contributed by atoms with Gasteiger partial charge < -0.3 is 4.57 Å². The van der Waals surface area contributed by atoms with Crippen molar-refractivity contribution in [3.05, 3.63) is 36.0 Å². The zero-order valence-electron chi connectivity index (χ0n) is 7.17. The molecular weight excluding hydrogens is 205 g/mol. The van der Waals surface area contributed by atoms with Crippen LogP contribution in [0.25, 0.3) is 10.9 Å². The molecule has 3 heteroatoms. The molecule has 0 N–H and O–H groups in total. The Morgan fingerprint density at radius 2 is 1.92 bits per heavy atom. The van der Waals surface area contributed by atoms with Crippen LogP contribution < -0.4 is 0 Å². The maximum Gasteiger partial charge on any atom is 0.134 e. The number of rotatable bonds is 1. The third kappa shape index (κ3) is 1.43. The van der Waals surface area contributed by atoms with Gasteiger partial charge >= 0.3 is 0 Å². The quantitative estimate of drug-likeness (QED) is 0.638. The van der Waals surface area contributed by atoms with E-state index in [1.54, 1.807) is 0 Å². The summed E-state index contributed by atoms with van der Waals surface area (Å²) in [6.45, 7) is 0. The molecule has 1 heterocycles. The van der Waals surface area contributed by atoms with E-state index in [0.717, 1.165) is 16.5 Å². The number of benzene rings is 1. The number of nitrogens with zero attached hydrogens (tertiary/aromatic N) is 1. The lowest BCUT2D eigenvalue weighted by Crippen LogP contribution is -1.82. The minimum Gasteiger partial charge on any atom is -0.350 e. The minimum atomic E-state index is -0.453. The van der Waals surface area contributed by atoms with Crippen LogP contribution in [0.5, 0.6) is 0 Å². The number of hydrogen-bond donors (Lipinski definition) is 0. The zero-order valence-corrected chi connectivity index (χ0v) is 8.68. The fourth-order valence-corrected chi connectivity index (χ4v) is 1.89. The summed E-state index contributed by atoms with van der Waals surface area (Å²) in [4.78, 5) is -0.453. The van der Waals surface area contributed by atoms with Crippen molar-refractivity contribution in [1.29, 1.82) is 0 Å². The van der Waals surface area contributed by atoms with E-state index >= 15 is 0 Å². The number of halogens is 2. The molecule has 1 aromatic heterocycles. The molecule has 0 aliphatic rings. The third-order valence-electron chi connectivity index (χ3n) is 2.16. The van der Waals surface area contributed by atoms with Crippen molar-refractivity contribution in [2.45, 2.75) is 4.84 Å². The van der Waals surface area contributed by atoms with Crippen molar-refractivity contribution < 1.29 is 0 Å². The van der Waals surface area contributed by atoms with Gasteiger partial charge in [-0.15, -0.1) is 0 Å². The van der Waals surface area contributed by atoms with Gasteiger partial charge in [-0.05, 0) is 6.07 Å². The number of fused-ring (bicyclic) bond motifs is 1. The van der Waals surface area contributed by atoms with Gasteiger partial charge in [-0.1, -0.05) is 41.4 Å². The molecule has 68 valence electrons. The molecule has 0 atom stereocenters. The number of aromatic nitrogens is 1. The Labute approximate surface area is 86.9 Å². The number of hydrogen-bond acceptors (Lipinski definition) is 0. The van der Waals surface area contributed by atoms with Gasteiger partial charge in [-0.25, -0.2) is 0 Å². The highest BCUT2D eigenvalue weighted by molar-refractivity contribution is 6.44. The molecule has 1 aromatic carbocycles. The van der Waals surface area contributed by atoms with Crippen LogP contribution in [0.2, 0.25) is 0 Å². The summed E-state index contributed by atoms with van der Waals surface area (Å²) in [5.41, 5.74) is 2.13. The summed E-state index contributed by atoms with van der Waals surface area (Å²) in [6, 6.07) is 8.07. The molecule has 0 unspecified atom stereocenters. The standard InChI is InChI=1S/C10H9Cl2N/c1-13-6-8(10(11)12)7-4-2-3-5-9(7)13/h2-6,10H,1H3. The average molecular weight is 214 g/mol. The maximum atomic E-state index is 5.85. The Balaban J connectivity index is 2.78. The fourth-order valence-electron chi connectivity index (χ4n) is 1.55. The summed E-state index contributed by atoms with van der Waals surface area (Å²) in [5.74, 6) is 0. The molecular formula is C10H9Cl2N. The normalized spacial score (nSPS) is 11.4. The minimum absolute atomic E-state index is 0.453. The molecule has 2 rings (SSSR count). The van der Waals surface area contributed by atoms with Gasteiger partial charge in [0.05, 0.1) is 0 Å². The van der Waals surface area contributed by atoms with Crippen LogP contribution in [0.3, 0.4) is 0 Å². The Morgan fingerprint density at radius 1 is 1.23 bits per heavy atom. The fraction of sp³-hybridized carbons (Fsp3) is 0.200. The topological polar surface area (TPSA) is 4.93 Å².